The van der Waals surface area contributed by atoms with E-state index in [9.17, 15) is 4.79 Å². The van der Waals surface area contributed by atoms with Gasteiger partial charge < -0.3 is 5.11 Å². The third kappa shape index (κ3) is 3.58. The highest BCUT2D eigenvalue weighted by atomic mass is 16.4. The fourth-order valence-electron chi connectivity index (χ4n) is 4.02. The molecule has 0 aliphatic heterocycles. The van der Waals surface area contributed by atoms with Gasteiger partial charge in [0.25, 0.3) is 0 Å². The van der Waals surface area contributed by atoms with Gasteiger partial charge in [0, 0.05) is 12.0 Å². The van der Waals surface area contributed by atoms with Crippen molar-refractivity contribution in [2.24, 2.45) is 0 Å². The fraction of sp³-hybridized carbons (Fsp3) is 0.522. The van der Waals surface area contributed by atoms with Crippen LogP contribution in [0, 0.1) is 6.92 Å². The Hall–Kier alpha value is -1.83. The molecule has 0 amide bonds. The highest BCUT2D eigenvalue weighted by Crippen LogP contribution is 2.46. The van der Waals surface area contributed by atoms with Crippen LogP contribution in [0.4, 0.5) is 0 Å². The second-order valence-electron chi connectivity index (χ2n) is 9.02. The molecule has 0 heterocycles. The third-order valence-corrected chi connectivity index (χ3v) is 6.10. The molecule has 2 heteroatoms. The van der Waals surface area contributed by atoms with Crippen molar-refractivity contribution in [3.63, 3.8) is 0 Å². The molecule has 0 saturated heterocycles. The van der Waals surface area contributed by atoms with Crippen molar-refractivity contribution in [3.05, 3.63) is 57.7 Å². The first-order valence-corrected chi connectivity index (χ1v) is 9.38. The van der Waals surface area contributed by atoms with Gasteiger partial charge in [-0.3, -0.25) is 0 Å². The first-order chi connectivity index (χ1) is 11.6. The molecule has 3 rings (SSSR count). The maximum Gasteiger partial charge on any atom is 0.332 e. The summed E-state index contributed by atoms with van der Waals surface area (Å²) in [6.45, 7) is 11.7. The number of aryl methyl sites for hydroxylation is 2. The summed E-state index contributed by atoms with van der Waals surface area (Å²) in [5.74, 6) is -0.768. The summed E-state index contributed by atoms with van der Waals surface area (Å²) in [5.41, 5.74) is 7.93. The van der Waals surface area contributed by atoms with Crippen molar-refractivity contribution < 1.29 is 9.90 Å². The molecule has 0 fully saturated rings. The number of fused-ring (bicyclic) bond motifs is 1. The van der Waals surface area contributed by atoms with Gasteiger partial charge in [-0.15, -0.1) is 0 Å². The smallest absolute Gasteiger partial charge is 0.332 e. The van der Waals surface area contributed by atoms with Crippen molar-refractivity contribution >= 4 is 5.97 Å². The molecule has 0 aromatic heterocycles. The summed E-state index contributed by atoms with van der Waals surface area (Å²) >= 11 is 0. The van der Waals surface area contributed by atoms with Crippen LogP contribution in [0.2, 0.25) is 0 Å². The van der Waals surface area contributed by atoms with E-state index in [0.29, 0.717) is 12.0 Å². The van der Waals surface area contributed by atoms with Crippen molar-refractivity contribution in [2.45, 2.75) is 77.6 Å². The van der Waals surface area contributed by atoms with Gasteiger partial charge in [0.1, 0.15) is 0 Å². The topological polar surface area (TPSA) is 37.3 Å². The summed E-state index contributed by atoms with van der Waals surface area (Å²) in [6.07, 6.45) is 9.22. The predicted molar refractivity (Wildman–Crippen MR) is 103 cm³/mol. The van der Waals surface area contributed by atoms with Gasteiger partial charge in [-0.05, 0) is 71.3 Å². The molecular formula is C23H30O2. The lowest BCUT2D eigenvalue weighted by atomic mass is 9.62. The van der Waals surface area contributed by atoms with E-state index < -0.39 is 5.97 Å². The quantitative estimate of drug-likeness (QED) is 0.757. The number of hydrogen-bond donors (Lipinski definition) is 1. The molecule has 1 N–H and O–H groups in total. The molecule has 1 aromatic carbocycles. The maximum atomic E-state index is 10.8. The van der Waals surface area contributed by atoms with Crippen LogP contribution in [0.1, 0.15) is 75.6 Å². The van der Waals surface area contributed by atoms with Crippen LogP contribution < -0.4 is 0 Å². The van der Waals surface area contributed by atoms with Gasteiger partial charge in [-0.2, -0.15) is 0 Å². The Morgan fingerprint density at radius 2 is 1.72 bits per heavy atom. The van der Waals surface area contributed by atoms with Gasteiger partial charge in [0.15, 0.2) is 0 Å². The highest BCUT2D eigenvalue weighted by molar-refractivity contribution is 5.94. The minimum Gasteiger partial charge on any atom is -0.478 e. The van der Waals surface area contributed by atoms with E-state index in [4.69, 9.17) is 5.11 Å². The number of benzene rings is 1. The van der Waals surface area contributed by atoms with E-state index in [1.54, 1.807) is 0 Å². The van der Waals surface area contributed by atoms with E-state index in [2.05, 4.69) is 52.8 Å². The molecule has 2 nitrogen and oxygen atoms in total. The second-order valence-corrected chi connectivity index (χ2v) is 9.02. The second kappa shape index (κ2) is 6.16. The molecule has 0 atom stereocenters. The van der Waals surface area contributed by atoms with Gasteiger partial charge in [0.2, 0.25) is 0 Å². The fourth-order valence-corrected chi connectivity index (χ4v) is 4.02. The Labute approximate surface area is 151 Å². The lowest BCUT2D eigenvalue weighted by Gasteiger charge is -2.42. The zero-order valence-electron chi connectivity index (χ0n) is 16.2. The van der Waals surface area contributed by atoms with E-state index in [0.717, 1.165) is 18.4 Å². The monoisotopic (exact) mass is 338 g/mol. The average Bonchev–Trinajstić information content (AvgIpc) is 3.29. The van der Waals surface area contributed by atoms with Gasteiger partial charge >= 0.3 is 5.97 Å². The standard InChI is InChI=1S/C23H30O2/c1-15-12-19-20(23(4,5)11-10-22(19,2)3)14-16(15)8-6-7-9-17-13-18(17)21(24)25/h7,9,12,14H,6,8,10-11,13H2,1-5H3,(H,24,25)/b9-7+. The van der Waals surface area contributed by atoms with Crippen LogP contribution in [0.5, 0.6) is 0 Å². The number of allylic oxidation sites excluding steroid dienone is 3. The lowest BCUT2D eigenvalue weighted by molar-refractivity contribution is -0.132. The first-order valence-electron chi connectivity index (χ1n) is 9.38. The number of carbonyl (C=O) groups is 1. The van der Waals surface area contributed by atoms with Crippen molar-refractivity contribution in [2.75, 3.05) is 0 Å². The SMILES string of the molecule is Cc1cc2c(cc1CC/C=C/C1=C(C(=O)O)C1)C(C)(C)CCC2(C)C. The van der Waals surface area contributed by atoms with E-state index >= 15 is 0 Å². The Morgan fingerprint density at radius 3 is 2.28 bits per heavy atom. The number of carboxylic acids is 1. The van der Waals surface area contributed by atoms with E-state index in [-0.39, 0.29) is 10.8 Å². The number of hydrogen-bond acceptors (Lipinski definition) is 1. The minimum atomic E-state index is -0.768. The zero-order valence-corrected chi connectivity index (χ0v) is 16.2. The summed E-state index contributed by atoms with van der Waals surface area (Å²) in [7, 11) is 0. The number of carboxylic acid groups (broad SMARTS) is 1. The lowest BCUT2D eigenvalue weighted by Crippen LogP contribution is -2.34. The molecular weight excluding hydrogens is 308 g/mol. The van der Waals surface area contributed by atoms with Crippen molar-refractivity contribution in [3.8, 4) is 0 Å². The van der Waals surface area contributed by atoms with Crippen LogP contribution in [-0.2, 0) is 22.0 Å². The van der Waals surface area contributed by atoms with E-state index in [1.807, 2.05) is 6.08 Å². The molecule has 0 radical (unpaired) electrons. The normalized spacial score (nSPS) is 20.7. The number of rotatable bonds is 5. The molecule has 0 saturated carbocycles. The Balaban J connectivity index is 1.77. The number of aliphatic carboxylic acids is 1. The molecule has 134 valence electrons. The van der Waals surface area contributed by atoms with Crippen LogP contribution in [0.3, 0.4) is 0 Å². The average molecular weight is 338 g/mol. The van der Waals surface area contributed by atoms with Crippen LogP contribution in [0.25, 0.3) is 0 Å². The van der Waals surface area contributed by atoms with Crippen LogP contribution in [0.15, 0.2) is 35.4 Å². The molecule has 1 aromatic rings. The summed E-state index contributed by atoms with van der Waals surface area (Å²) in [6, 6.07) is 4.86. The molecule has 0 spiro atoms. The zero-order chi connectivity index (χ0) is 18.4. The Bertz CT molecular complexity index is 776. The summed E-state index contributed by atoms with van der Waals surface area (Å²) in [5, 5.41) is 8.91. The summed E-state index contributed by atoms with van der Waals surface area (Å²) in [4.78, 5) is 10.8. The molecule has 0 bridgehead atoms. The first kappa shape index (κ1) is 18.0. The van der Waals surface area contributed by atoms with E-state index in [1.165, 1.54) is 35.1 Å². The molecule has 2 aliphatic carbocycles. The van der Waals surface area contributed by atoms with Gasteiger partial charge in [0.05, 0.1) is 0 Å². The highest BCUT2D eigenvalue weighted by Gasteiger charge is 2.37. The minimum absolute atomic E-state index is 0.248. The van der Waals surface area contributed by atoms with Crippen LogP contribution in [-0.4, -0.2) is 11.1 Å². The largest absolute Gasteiger partial charge is 0.478 e. The van der Waals surface area contributed by atoms with Crippen molar-refractivity contribution in [1.82, 2.24) is 0 Å². The van der Waals surface area contributed by atoms with Crippen LogP contribution >= 0.6 is 0 Å². The Morgan fingerprint density at radius 1 is 1.12 bits per heavy atom. The van der Waals surface area contributed by atoms with Gasteiger partial charge in [-0.25, -0.2) is 4.79 Å². The summed E-state index contributed by atoms with van der Waals surface area (Å²) < 4.78 is 0. The predicted octanol–water partition coefficient (Wildman–Crippen LogP) is 5.62. The van der Waals surface area contributed by atoms with Gasteiger partial charge in [-0.1, -0.05) is 52.0 Å². The molecule has 2 aliphatic rings. The maximum absolute atomic E-state index is 10.8. The van der Waals surface area contributed by atoms with Crippen molar-refractivity contribution in [1.29, 1.82) is 0 Å². The Kier molecular flexibility index (Phi) is 4.43. The molecule has 0 unspecified atom stereocenters. The third-order valence-electron chi connectivity index (χ3n) is 6.10. The molecule has 25 heavy (non-hydrogen) atoms.